The van der Waals surface area contributed by atoms with Gasteiger partial charge in [0.05, 0.1) is 17.1 Å². The van der Waals surface area contributed by atoms with E-state index in [1.165, 1.54) is 0 Å². The summed E-state index contributed by atoms with van der Waals surface area (Å²) in [5.41, 5.74) is 5.28. The Balaban J connectivity index is 1.37. The van der Waals surface area contributed by atoms with Crippen molar-refractivity contribution in [1.82, 2.24) is 4.98 Å². The molecule has 0 aliphatic carbocycles. The van der Waals surface area contributed by atoms with Gasteiger partial charge >= 0.3 is 0 Å². The summed E-state index contributed by atoms with van der Waals surface area (Å²) in [6.07, 6.45) is 2.17. The fourth-order valence-corrected chi connectivity index (χ4v) is 6.02. The molecule has 0 unspecified atom stereocenters. The minimum Gasteiger partial charge on any atom is -0.455 e. The summed E-state index contributed by atoms with van der Waals surface area (Å²) in [5, 5.41) is 4.73. The van der Waals surface area contributed by atoms with Crippen LogP contribution in [0.1, 0.15) is 42.5 Å². The standard InChI is InChI=1S/C31H32ClN3O3/c1-19-15-23(29-24(16-19)27(36)20(2)28(38-29)22-7-5-4-6-8-22)21(3)33-25-9-10-26(32)34-30(25)35-17-31(18-35)11-13-37-14-12-31/h4-10,15-16,21,33H,11-14,17-18H2,1-3H3/t21-/m1/s1. The summed E-state index contributed by atoms with van der Waals surface area (Å²) in [6, 6.07) is 17.5. The quantitative estimate of drug-likeness (QED) is 0.283. The summed E-state index contributed by atoms with van der Waals surface area (Å²) in [6.45, 7) is 9.50. The van der Waals surface area contributed by atoms with Crippen molar-refractivity contribution < 1.29 is 9.15 Å². The Morgan fingerprint density at radius 1 is 1.05 bits per heavy atom. The zero-order valence-electron chi connectivity index (χ0n) is 22.0. The van der Waals surface area contributed by atoms with Gasteiger partial charge < -0.3 is 19.4 Å². The van der Waals surface area contributed by atoms with Crippen LogP contribution in [0.3, 0.4) is 0 Å². The van der Waals surface area contributed by atoms with E-state index in [4.69, 9.17) is 25.7 Å². The van der Waals surface area contributed by atoms with E-state index in [0.717, 1.165) is 67.3 Å². The van der Waals surface area contributed by atoms with Crippen LogP contribution >= 0.6 is 11.6 Å². The fraction of sp³-hybridized carbons (Fsp3) is 0.355. The highest BCUT2D eigenvalue weighted by Crippen LogP contribution is 2.44. The maximum Gasteiger partial charge on any atom is 0.196 e. The minimum atomic E-state index is -0.146. The van der Waals surface area contributed by atoms with Crippen molar-refractivity contribution in [2.75, 3.05) is 36.5 Å². The molecule has 1 atom stereocenters. The molecule has 0 bridgehead atoms. The lowest BCUT2D eigenvalue weighted by Gasteiger charge is -2.53. The van der Waals surface area contributed by atoms with Crippen LogP contribution in [0.4, 0.5) is 11.5 Å². The first-order valence-corrected chi connectivity index (χ1v) is 13.6. The number of aryl methyl sites for hydroxylation is 1. The van der Waals surface area contributed by atoms with Crippen LogP contribution in [0.5, 0.6) is 0 Å². The predicted molar refractivity (Wildman–Crippen MR) is 153 cm³/mol. The molecule has 2 aliphatic heterocycles. The van der Waals surface area contributed by atoms with Crippen molar-refractivity contribution in [2.45, 2.75) is 39.7 Å². The lowest BCUT2D eigenvalue weighted by atomic mass is 9.73. The number of anilines is 2. The highest BCUT2D eigenvalue weighted by atomic mass is 35.5. The van der Waals surface area contributed by atoms with Gasteiger partial charge in [-0.3, -0.25) is 4.79 Å². The topological polar surface area (TPSA) is 67.6 Å². The molecule has 38 heavy (non-hydrogen) atoms. The number of hydrogen-bond donors (Lipinski definition) is 1. The molecule has 6 nitrogen and oxygen atoms in total. The average Bonchev–Trinajstić information content (AvgIpc) is 2.91. The van der Waals surface area contributed by atoms with Crippen molar-refractivity contribution >= 4 is 34.1 Å². The molecule has 196 valence electrons. The van der Waals surface area contributed by atoms with Crippen LogP contribution in [0.25, 0.3) is 22.3 Å². The summed E-state index contributed by atoms with van der Waals surface area (Å²) < 4.78 is 12.1. The molecule has 0 saturated carbocycles. The molecular formula is C31H32ClN3O3. The van der Waals surface area contributed by atoms with E-state index in [2.05, 4.69) is 23.2 Å². The van der Waals surface area contributed by atoms with Crippen molar-refractivity contribution in [2.24, 2.45) is 5.41 Å². The van der Waals surface area contributed by atoms with Crippen LogP contribution in [-0.4, -0.2) is 31.3 Å². The number of ether oxygens (including phenoxy) is 1. The number of nitrogens with one attached hydrogen (secondary N) is 1. The summed E-state index contributed by atoms with van der Waals surface area (Å²) in [4.78, 5) is 20.5. The fourth-order valence-electron chi connectivity index (χ4n) is 5.88. The second kappa shape index (κ2) is 9.75. The summed E-state index contributed by atoms with van der Waals surface area (Å²) >= 11 is 6.34. The SMILES string of the molecule is Cc1cc([C@@H](C)Nc2ccc(Cl)nc2N2CC3(CCOCC3)C2)c2oc(-c3ccccc3)c(C)c(=O)c2c1. The molecule has 1 spiro atoms. The zero-order chi connectivity index (χ0) is 26.4. The van der Waals surface area contributed by atoms with Gasteiger partial charge in [-0.15, -0.1) is 0 Å². The Morgan fingerprint density at radius 3 is 2.53 bits per heavy atom. The van der Waals surface area contributed by atoms with Gasteiger partial charge in [0.2, 0.25) is 0 Å². The van der Waals surface area contributed by atoms with Crippen LogP contribution in [0.2, 0.25) is 5.15 Å². The molecule has 2 fully saturated rings. The summed E-state index contributed by atoms with van der Waals surface area (Å²) in [5.74, 6) is 1.47. The largest absolute Gasteiger partial charge is 0.455 e. The first kappa shape index (κ1) is 25.0. The Labute approximate surface area is 227 Å². The molecule has 7 heteroatoms. The second-order valence-electron chi connectivity index (χ2n) is 10.8. The Kier molecular flexibility index (Phi) is 6.40. The molecule has 6 rings (SSSR count). The van der Waals surface area contributed by atoms with E-state index in [1.54, 1.807) is 0 Å². The van der Waals surface area contributed by atoms with Gasteiger partial charge in [0.1, 0.15) is 16.5 Å². The third kappa shape index (κ3) is 4.46. The average molecular weight is 530 g/mol. The molecule has 0 radical (unpaired) electrons. The molecule has 1 N–H and O–H groups in total. The van der Waals surface area contributed by atoms with Crippen molar-refractivity contribution in [3.8, 4) is 11.3 Å². The Morgan fingerprint density at radius 2 is 1.79 bits per heavy atom. The number of rotatable bonds is 5. The molecule has 2 aromatic carbocycles. The molecule has 2 aromatic heterocycles. The van der Waals surface area contributed by atoms with E-state index >= 15 is 0 Å². The van der Waals surface area contributed by atoms with E-state index in [1.807, 2.05) is 62.4 Å². The molecule has 2 aliphatic rings. The number of halogens is 1. The number of fused-ring (bicyclic) bond motifs is 1. The maximum atomic E-state index is 13.5. The Bertz CT molecular complexity index is 1550. The minimum absolute atomic E-state index is 0.00144. The van der Waals surface area contributed by atoms with Gasteiger partial charge in [-0.05, 0) is 57.4 Å². The molecule has 4 heterocycles. The van der Waals surface area contributed by atoms with Gasteiger partial charge in [-0.2, -0.15) is 0 Å². The van der Waals surface area contributed by atoms with Crippen LogP contribution in [0.15, 0.2) is 63.8 Å². The number of nitrogens with zero attached hydrogens (tertiary/aromatic N) is 2. The number of hydrogen-bond acceptors (Lipinski definition) is 6. The number of pyridine rings is 1. The lowest BCUT2D eigenvalue weighted by Crippen LogP contribution is -2.59. The van der Waals surface area contributed by atoms with E-state index in [0.29, 0.717) is 32.9 Å². The number of aromatic nitrogens is 1. The van der Waals surface area contributed by atoms with Crippen molar-refractivity contribution in [1.29, 1.82) is 0 Å². The van der Waals surface area contributed by atoms with Crippen molar-refractivity contribution in [3.63, 3.8) is 0 Å². The predicted octanol–water partition coefficient (Wildman–Crippen LogP) is 6.92. The maximum absolute atomic E-state index is 13.5. The smallest absolute Gasteiger partial charge is 0.196 e. The molecule has 2 saturated heterocycles. The third-order valence-corrected chi connectivity index (χ3v) is 8.22. The van der Waals surface area contributed by atoms with E-state index in [-0.39, 0.29) is 11.5 Å². The Hall–Kier alpha value is -3.35. The first-order chi connectivity index (χ1) is 18.3. The van der Waals surface area contributed by atoms with Gasteiger partial charge in [-0.25, -0.2) is 4.98 Å². The van der Waals surface area contributed by atoms with Gasteiger partial charge in [-0.1, -0.05) is 48.0 Å². The van der Waals surface area contributed by atoms with Crippen LogP contribution < -0.4 is 15.6 Å². The zero-order valence-corrected chi connectivity index (χ0v) is 22.8. The molecule has 4 aromatic rings. The normalized spacial score (nSPS) is 17.4. The van der Waals surface area contributed by atoms with Crippen LogP contribution in [-0.2, 0) is 4.74 Å². The van der Waals surface area contributed by atoms with Gasteiger partial charge in [0.25, 0.3) is 0 Å². The first-order valence-electron chi connectivity index (χ1n) is 13.2. The van der Waals surface area contributed by atoms with E-state index in [9.17, 15) is 4.79 Å². The van der Waals surface area contributed by atoms with E-state index < -0.39 is 0 Å². The lowest BCUT2D eigenvalue weighted by molar-refractivity contribution is -0.000407. The van der Waals surface area contributed by atoms with Gasteiger partial charge in [0, 0.05) is 48.4 Å². The monoisotopic (exact) mass is 529 g/mol. The molecular weight excluding hydrogens is 498 g/mol. The second-order valence-corrected chi connectivity index (χ2v) is 11.2. The third-order valence-electron chi connectivity index (χ3n) is 8.01. The highest BCUT2D eigenvalue weighted by Gasteiger charge is 2.45. The van der Waals surface area contributed by atoms with Crippen LogP contribution in [0, 0.1) is 19.3 Å². The number of benzene rings is 2. The van der Waals surface area contributed by atoms with Gasteiger partial charge in [0.15, 0.2) is 11.2 Å². The highest BCUT2D eigenvalue weighted by molar-refractivity contribution is 6.29. The summed E-state index contributed by atoms with van der Waals surface area (Å²) in [7, 11) is 0. The van der Waals surface area contributed by atoms with Crippen molar-refractivity contribution in [3.05, 3.63) is 86.7 Å². The molecule has 0 amide bonds.